The second-order valence-corrected chi connectivity index (χ2v) is 14.8. The van der Waals surface area contributed by atoms with E-state index in [4.69, 9.17) is 0 Å². The van der Waals surface area contributed by atoms with E-state index in [9.17, 15) is 0 Å². The molecule has 0 atom stereocenters. The first-order valence-electron chi connectivity index (χ1n) is 18.8. The fourth-order valence-electron chi connectivity index (χ4n) is 7.97. The van der Waals surface area contributed by atoms with E-state index < -0.39 is 0 Å². The van der Waals surface area contributed by atoms with E-state index in [0.717, 1.165) is 39.7 Å². The number of fused-ring (bicyclic) bond motifs is 4. The lowest BCUT2D eigenvalue weighted by Crippen LogP contribution is -2.16. The molecule has 8 aromatic carbocycles. The van der Waals surface area contributed by atoms with Crippen molar-refractivity contribution in [3.63, 3.8) is 0 Å². The maximum Gasteiger partial charge on any atom is 0.0468 e. The molecular formula is C52H42N2. The van der Waals surface area contributed by atoms with Gasteiger partial charge in [0, 0.05) is 39.5 Å². The number of hydrogen-bond acceptors (Lipinski definition) is 2. The van der Waals surface area contributed by atoms with E-state index in [1.807, 2.05) is 0 Å². The molecule has 1 aliphatic rings. The molecule has 0 spiro atoms. The minimum Gasteiger partial charge on any atom is -0.310 e. The molecule has 0 aliphatic heterocycles. The van der Waals surface area contributed by atoms with Crippen LogP contribution in [-0.2, 0) is 5.41 Å². The molecule has 9 rings (SSSR count). The van der Waals surface area contributed by atoms with Crippen molar-refractivity contribution in [1.29, 1.82) is 0 Å². The van der Waals surface area contributed by atoms with Crippen LogP contribution in [0.2, 0.25) is 0 Å². The van der Waals surface area contributed by atoms with Gasteiger partial charge in [-0.3, -0.25) is 0 Å². The maximum absolute atomic E-state index is 2.39. The average Bonchev–Trinajstić information content (AvgIpc) is 3.44. The molecule has 0 saturated carbocycles. The SMILES string of the molecule is Cc1ccc(N(c2ccc(C=Cc3ccc4c(c3)C(C)(C)c3cc(N(c5ccccc5)c5ccccc5)ccc3-4)cc2)c2ccc3ccccc3c2)cc1. The van der Waals surface area contributed by atoms with Crippen molar-refractivity contribution < 1.29 is 0 Å². The molecule has 8 aromatic rings. The van der Waals surface area contributed by atoms with Gasteiger partial charge in [0.15, 0.2) is 0 Å². The van der Waals surface area contributed by atoms with Crippen molar-refractivity contribution in [3.05, 3.63) is 216 Å². The number of rotatable bonds is 8. The Labute approximate surface area is 318 Å². The fourth-order valence-corrected chi connectivity index (χ4v) is 7.97. The maximum atomic E-state index is 2.39. The molecule has 0 amide bonds. The number of nitrogens with zero attached hydrogens (tertiary/aromatic N) is 2. The highest BCUT2D eigenvalue weighted by molar-refractivity contribution is 5.90. The van der Waals surface area contributed by atoms with Crippen molar-refractivity contribution in [2.75, 3.05) is 9.80 Å². The van der Waals surface area contributed by atoms with Gasteiger partial charge < -0.3 is 9.80 Å². The Hall–Kier alpha value is -6.64. The van der Waals surface area contributed by atoms with E-state index in [2.05, 4.69) is 231 Å². The lowest BCUT2D eigenvalue weighted by atomic mass is 9.81. The molecule has 1 aliphatic carbocycles. The summed E-state index contributed by atoms with van der Waals surface area (Å²) in [4.78, 5) is 4.69. The van der Waals surface area contributed by atoms with Crippen molar-refractivity contribution in [3.8, 4) is 11.1 Å². The second-order valence-electron chi connectivity index (χ2n) is 14.8. The van der Waals surface area contributed by atoms with Crippen LogP contribution in [0, 0.1) is 6.92 Å². The molecule has 0 saturated heterocycles. The van der Waals surface area contributed by atoms with Crippen LogP contribution in [-0.4, -0.2) is 0 Å². The molecule has 260 valence electrons. The zero-order chi connectivity index (χ0) is 36.6. The molecule has 0 unspecified atom stereocenters. The second kappa shape index (κ2) is 13.7. The van der Waals surface area contributed by atoms with Gasteiger partial charge in [0.25, 0.3) is 0 Å². The normalized spacial score (nSPS) is 12.8. The topological polar surface area (TPSA) is 6.48 Å². The van der Waals surface area contributed by atoms with E-state index >= 15 is 0 Å². The van der Waals surface area contributed by atoms with E-state index in [1.165, 1.54) is 44.2 Å². The zero-order valence-corrected chi connectivity index (χ0v) is 30.9. The van der Waals surface area contributed by atoms with Crippen LogP contribution >= 0.6 is 0 Å². The van der Waals surface area contributed by atoms with Crippen LogP contribution in [0.15, 0.2) is 188 Å². The molecule has 0 bridgehead atoms. The monoisotopic (exact) mass is 694 g/mol. The third-order valence-corrected chi connectivity index (χ3v) is 10.9. The third kappa shape index (κ3) is 6.16. The number of para-hydroxylation sites is 2. The van der Waals surface area contributed by atoms with Crippen LogP contribution in [0.3, 0.4) is 0 Å². The van der Waals surface area contributed by atoms with Crippen molar-refractivity contribution in [2.45, 2.75) is 26.2 Å². The quantitative estimate of drug-likeness (QED) is 0.146. The fraction of sp³-hybridized carbons (Fsp3) is 0.0769. The Morgan fingerprint density at radius 2 is 0.815 bits per heavy atom. The van der Waals surface area contributed by atoms with E-state index in [-0.39, 0.29) is 5.41 Å². The van der Waals surface area contributed by atoms with Gasteiger partial charge >= 0.3 is 0 Å². The highest BCUT2D eigenvalue weighted by Crippen LogP contribution is 2.51. The van der Waals surface area contributed by atoms with Gasteiger partial charge in [-0.25, -0.2) is 0 Å². The highest BCUT2D eigenvalue weighted by atomic mass is 15.1. The van der Waals surface area contributed by atoms with Crippen LogP contribution in [0.1, 0.15) is 41.7 Å². The minimum atomic E-state index is -0.145. The number of hydrogen-bond donors (Lipinski definition) is 0. The van der Waals surface area contributed by atoms with Crippen LogP contribution in [0.4, 0.5) is 34.1 Å². The van der Waals surface area contributed by atoms with E-state index in [1.54, 1.807) is 0 Å². The molecule has 0 fully saturated rings. The molecule has 54 heavy (non-hydrogen) atoms. The Bertz CT molecular complexity index is 2580. The third-order valence-electron chi connectivity index (χ3n) is 10.9. The Balaban J connectivity index is 1.000. The van der Waals surface area contributed by atoms with Gasteiger partial charge in [-0.05, 0) is 124 Å². The predicted molar refractivity (Wildman–Crippen MR) is 231 cm³/mol. The van der Waals surface area contributed by atoms with Gasteiger partial charge in [-0.15, -0.1) is 0 Å². The summed E-state index contributed by atoms with van der Waals surface area (Å²) in [7, 11) is 0. The number of aryl methyl sites for hydroxylation is 1. The van der Waals surface area contributed by atoms with Gasteiger partial charge in [0.05, 0.1) is 0 Å². The van der Waals surface area contributed by atoms with E-state index in [0.29, 0.717) is 0 Å². The summed E-state index contributed by atoms with van der Waals surface area (Å²) in [5.74, 6) is 0. The molecule has 2 heteroatoms. The van der Waals surface area contributed by atoms with Gasteiger partial charge in [-0.1, -0.05) is 147 Å². The van der Waals surface area contributed by atoms with Gasteiger partial charge in [0.2, 0.25) is 0 Å². The highest BCUT2D eigenvalue weighted by Gasteiger charge is 2.36. The van der Waals surface area contributed by atoms with Gasteiger partial charge in [0.1, 0.15) is 0 Å². The molecule has 0 aromatic heterocycles. The summed E-state index contributed by atoms with van der Waals surface area (Å²) in [5.41, 5.74) is 15.7. The van der Waals surface area contributed by atoms with Gasteiger partial charge in [-0.2, -0.15) is 0 Å². The molecule has 0 N–H and O–H groups in total. The first kappa shape index (κ1) is 33.2. The molecular weight excluding hydrogens is 653 g/mol. The van der Waals surface area contributed by atoms with Crippen molar-refractivity contribution in [1.82, 2.24) is 0 Å². The van der Waals surface area contributed by atoms with Crippen molar-refractivity contribution >= 4 is 57.0 Å². The lowest BCUT2D eigenvalue weighted by Gasteiger charge is -2.28. The minimum absolute atomic E-state index is 0.145. The summed E-state index contributed by atoms with van der Waals surface area (Å²) in [6.45, 7) is 6.85. The summed E-state index contributed by atoms with van der Waals surface area (Å²) in [6, 6.07) is 68.1. The summed E-state index contributed by atoms with van der Waals surface area (Å²) in [6.07, 6.45) is 4.47. The van der Waals surface area contributed by atoms with Crippen molar-refractivity contribution in [2.24, 2.45) is 0 Å². The smallest absolute Gasteiger partial charge is 0.0468 e. The summed E-state index contributed by atoms with van der Waals surface area (Å²) >= 11 is 0. The molecule has 0 heterocycles. The standard InChI is InChI=1S/C52H42N2/c1-37-18-26-44(27-19-37)54(46-30-25-40-12-10-11-13-41(40)35-46)45-28-22-38(23-29-45)20-21-39-24-32-48-49-33-31-47(36-51(49)52(2,3)50(48)34-39)53(42-14-6-4-7-15-42)43-16-8-5-9-17-43/h4-36H,1-3H3. The van der Waals surface area contributed by atoms with Crippen LogP contribution in [0.25, 0.3) is 34.1 Å². The first-order chi connectivity index (χ1) is 26.4. The largest absolute Gasteiger partial charge is 0.310 e. The average molecular weight is 695 g/mol. The first-order valence-corrected chi connectivity index (χ1v) is 18.8. The zero-order valence-electron chi connectivity index (χ0n) is 30.9. The van der Waals surface area contributed by atoms with Crippen LogP contribution in [0.5, 0.6) is 0 Å². The molecule has 0 radical (unpaired) electrons. The Morgan fingerprint density at radius 3 is 1.46 bits per heavy atom. The van der Waals surface area contributed by atoms with Crippen LogP contribution < -0.4 is 9.80 Å². The number of benzene rings is 8. The lowest BCUT2D eigenvalue weighted by molar-refractivity contribution is 0.660. The Morgan fingerprint density at radius 1 is 0.370 bits per heavy atom. The molecule has 2 nitrogen and oxygen atoms in total. The number of anilines is 6. The summed E-state index contributed by atoms with van der Waals surface area (Å²) < 4.78 is 0. The summed E-state index contributed by atoms with van der Waals surface area (Å²) in [5, 5.41) is 2.47. The predicted octanol–water partition coefficient (Wildman–Crippen LogP) is 14.6. The Kier molecular flexibility index (Phi) is 8.44.